The minimum atomic E-state index is -0.552. The Morgan fingerprint density at radius 1 is 1.28 bits per heavy atom. The Hall–Kier alpha value is -2.74. The van der Waals surface area contributed by atoms with Crippen molar-refractivity contribution in [2.24, 2.45) is 0 Å². The fourth-order valence-corrected chi connectivity index (χ4v) is 2.51. The van der Waals surface area contributed by atoms with Gasteiger partial charge in [-0.1, -0.05) is 19.1 Å². The Kier molecular flexibility index (Phi) is 6.24. The lowest BCUT2D eigenvalue weighted by Crippen LogP contribution is -2.49. The number of H-pyrrole nitrogens is 1. The molecule has 2 aromatic rings. The minimum absolute atomic E-state index is 0.212. The lowest BCUT2D eigenvalue weighted by molar-refractivity contribution is -0.124. The van der Waals surface area contributed by atoms with Crippen LogP contribution in [0.1, 0.15) is 26.6 Å². The van der Waals surface area contributed by atoms with Crippen LogP contribution in [0.2, 0.25) is 0 Å². The molecule has 0 saturated carbocycles. The smallest absolute Gasteiger partial charge is 0.321 e. The maximum atomic E-state index is 12.2. The normalized spacial score (nSPS) is 12.2. The molecule has 0 fully saturated rings. The number of fused-ring (bicyclic) bond motifs is 1. The SMILES string of the molecule is CCNC(=O)NC(=O)C(C)N(CC)Cc1nc2ccccc2c(=O)[nH]1. The molecule has 8 nitrogen and oxygen atoms in total. The minimum Gasteiger partial charge on any atom is -0.338 e. The molecule has 0 aliphatic rings. The number of urea groups is 1. The van der Waals surface area contributed by atoms with Crippen LogP contribution in [0.15, 0.2) is 29.1 Å². The van der Waals surface area contributed by atoms with Crippen LogP contribution in [-0.4, -0.2) is 45.9 Å². The first-order chi connectivity index (χ1) is 12.0. The van der Waals surface area contributed by atoms with E-state index in [0.717, 1.165) is 0 Å². The van der Waals surface area contributed by atoms with Gasteiger partial charge in [0, 0.05) is 6.54 Å². The second-order valence-corrected chi connectivity index (χ2v) is 5.62. The number of hydrogen-bond donors (Lipinski definition) is 3. The van der Waals surface area contributed by atoms with Crippen molar-refractivity contribution in [3.8, 4) is 0 Å². The average Bonchev–Trinajstić information content (AvgIpc) is 2.59. The summed E-state index contributed by atoms with van der Waals surface area (Å²) in [6, 6.07) is 6.02. The number of carbonyl (C=O) groups excluding carboxylic acids is 2. The highest BCUT2D eigenvalue weighted by atomic mass is 16.2. The number of hydrogen-bond acceptors (Lipinski definition) is 5. The molecule has 0 aliphatic heterocycles. The molecule has 1 aromatic carbocycles. The summed E-state index contributed by atoms with van der Waals surface area (Å²) in [6.07, 6.45) is 0. The molecule has 1 heterocycles. The lowest BCUT2D eigenvalue weighted by atomic mass is 10.2. The lowest BCUT2D eigenvalue weighted by Gasteiger charge is -2.26. The van der Waals surface area contributed by atoms with Crippen molar-refractivity contribution in [3.63, 3.8) is 0 Å². The summed E-state index contributed by atoms with van der Waals surface area (Å²) in [5, 5.41) is 5.34. The summed E-state index contributed by atoms with van der Waals surface area (Å²) in [5.74, 6) is 0.0687. The van der Waals surface area contributed by atoms with Crippen molar-refractivity contribution in [2.45, 2.75) is 33.4 Å². The largest absolute Gasteiger partial charge is 0.338 e. The molecule has 0 spiro atoms. The summed E-state index contributed by atoms with van der Waals surface area (Å²) >= 11 is 0. The van der Waals surface area contributed by atoms with Crippen molar-refractivity contribution < 1.29 is 9.59 Å². The van der Waals surface area contributed by atoms with Gasteiger partial charge in [0.05, 0.1) is 23.5 Å². The highest BCUT2D eigenvalue weighted by Gasteiger charge is 2.22. The number of carbonyl (C=O) groups is 2. The molecule has 1 aromatic heterocycles. The van der Waals surface area contributed by atoms with E-state index in [1.54, 1.807) is 32.0 Å². The summed E-state index contributed by atoms with van der Waals surface area (Å²) in [4.78, 5) is 44.9. The van der Waals surface area contributed by atoms with Gasteiger partial charge in [-0.25, -0.2) is 9.78 Å². The zero-order chi connectivity index (χ0) is 18.4. The van der Waals surface area contributed by atoms with Gasteiger partial charge in [-0.15, -0.1) is 0 Å². The molecule has 0 saturated heterocycles. The number of aromatic amines is 1. The number of nitrogens with zero attached hydrogens (tertiary/aromatic N) is 2. The van der Waals surface area contributed by atoms with Crippen LogP contribution in [0, 0.1) is 0 Å². The summed E-state index contributed by atoms with van der Waals surface area (Å²) < 4.78 is 0. The molecule has 8 heteroatoms. The molecule has 1 unspecified atom stereocenters. The van der Waals surface area contributed by atoms with E-state index >= 15 is 0 Å². The number of amides is 3. The number of benzene rings is 1. The molecule has 2 rings (SSSR count). The topological polar surface area (TPSA) is 107 Å². The van der Waals surface area contributed by atoms with Gasteiger partial charge >= 0.3 is 6.03 Å². The van der Waals surface area contributed by atoms with Crippen molar-refractivity contribution >= 4 is 22.8 Å². The van der Waals surface area contributed by atoms with Gasteiger partial charge in [0.1, 0.15) is 5.82 Å². The van der Waals surface area contributed by atoms with Crippen molar-refractivity contribution in [1.29, 1.82) is 0 Å². The van der Waals surface area contributed by atoms with E-state index in [4.69, 9.17) is 0 Å². The number of rotatable bonds is 6. The molecule has 25 heavy (non-hydrogen) atoms. The Balaban J connectivity index is 2.14. The van der Waals surface area contributed by atoms with Crippen LogP contribution in [0.25, 0.3) is 10.9 Å². The average molecular weight is 345 g/mol. The van der Waals surface area contributed by atoms with Crippen molar-refractivity contribution in [3.05, 3.63) is 40.4 Å². The molecule has 3 N–H and O–H groups in total. The van der Waals surface area contributed by atoms with Gasteiger partial charge in [-0.05, 0) is 32.5 Å². The van der Waals surface area contributed by atoms with E-state index in [2.05, 4.69) is 20.6 Å². The van der Waals surface area contributed by atoms with Crippen LogP contribution in [0.5, 0.6) is 0 Å². The number of para-hydroxylation sites is 1. The van der Waals surface area contributed by atoms with E-state index in [0.29, 0.717) is 36.4 Å². The number of aromatic nitrogens is 2. The number of nitrogens with one attached hydrogen (secondary N) is 3. The van der Waals surface area contributed by atoms with Crippen LogP contribution in [0.4, 0.5) is 4.79 Å². The first kappa shape index (κ1) is 18.6. The Morgan fingerprint density at radius 2 is 2.00 bits per heavy atom. The second kappa shape index (κ2) is 8.39. The predicted octanol–water partition coefficient (Wildman–Crippen LogP) is 0.979. The first-order valence-corrected chi connectivity index (χ1v) is 8.26. The summed E-state index contributed by atoms with van der Waals surface area (Å²) in [6.45, 7) is 6.66. The Morgan fingerprint density at radius 3 is 2.68 bits per heavy atom. The quantitative estimate of drug-likeness (QED) is 0.723. The number of likely N-dealkylation sites (N-methyl/N-ethyl adjacent to an activating group) is 1. The summed E-state index contributed by atoms with van der Waals surface area (Å²) in [5.41, 5.74) is 0.396. The third kappa shape index (κ3) is 4.63. The Bertz CT molecular complexity index is 817. The van der Waals surface area contributed by atoms with Gasteiger partial charge in [0.15, 0.2) is 0 Å². The van der Waals surface area contributed by atoms with Gasteiger partial charge in [-0.2, -0.15) is 0 Å². The molecular formula is C17H23N5O3. The standard InChI is InChI=1S/C17H23N5O3/c1-4-18-17(25)21-15(23)11(3)22(5-2)10-14-19-13-9-7-6-8-12(13)16(24)20-14/h6-9,11H,4-5,10H2,1-3H3,(H,19,20,24)(H2,18,21,23,25). The van der Waals surface area contributed by atoms with Crippen LogP contribution < -0.4 is 16.2 Å². The van der Waals surface area contributed by atoms with Gasteiger partial charge in [0.2, 0.25) is 5.91 Å². The number of imide groups is 1. The Labute approximate surface area is 145 Å². The van der Waals surface area contributed by atoms with E-state index in [1.807, 2.05) is 17.9 Å². The molecular weight excluding hydrogens is 322 g/mol. The fraction of sp³-hybridized carbons (Fsp3) is 0.412. The second-order valence-electron chi connectivity index (χ2n) is 5.62. The molecule has 1 atom stereocenters. The molecule has 0 aliphatic carbocycles. The molecule has 3 amide bonds. The van der Waals surface area contributed by atoms with E-state index in [9.17, 15) is 14.4 Å². The van der Waals surface area contributed by atoms with Gasteiger partial charge < -0.3 is 10.3 Å². The third-order valence-electron chi connectivity index (χ3n) is 3.92. The fourth-order valence-electron chi connectivity index (χ4n) is 2.51. The van der Waals surface area contributed by atoms with Crippen molar-refractivity contribution in [2.75, 3.05) is 13.1 Å². The van der Waals surface area contributed by atoms with E-state index < -0.39 is 18.0 Å². The molecule has 134 valence electrons. The summed E-state index contributed by atoms with van der Waals surface area (Å²) in [7, 11) is 0. The molecule has 0 radical (unpaired) electrons. The monoisotopic (exact) mass is 345 g/mol. The van der Waals surface area contributed by atoms with Crippen molar-refractivity contribution in [1.82, 2.24) is 25.5 Å². The van der Waals surface area contributed by atoms with E-state index in [1.165, 1.54) is 0 Å². The predicted molar refractivity (Wildman–Crippen MR) is 95.1 cm³/mol. The molecule has 0 bridgehead atoms. The zero-order valence-electron chi connectivity index (χ0n) is 14.6. The van der Waals surface area contributed by atoms with Gasteiger partial charge in [0.25, 0.3) is 5.56 Å². The van der Waals surface area contributed by atoms with E-state index in [-0.39, 0.29) is 5.56 Å². The maximum Gasteiger partial charge on any atom is 0.321 e. The maximum absolute atomic E-state index is 12.2. The first-order valence-electron chi connectivity index (χ1n) is 8.26. The van der Waals surface area contributed by atoms with Crippen LogP contribution in [-0.2, 0) is 11.3 Å². The van der Waals surface area contributed by atoms with Crippen LogP contribution in [0.3, 0.4) is 0 Å². The van der Waals surface area contributed by atoms with Crippen LogP contribution >= 0.6 is 0 Å². The highest BCUT2D eigenvalue weighted by molar-refractivity contribution is 5.96. The third-order valence-corrected chi connectivity index (χ3v) is 3.92. The zero-order valence-corrected chi connectivity index (χ0v) is 14.6. The highest BCUT2D eigenvalue weighted by Crippen LogP contribution is 2.09. The van der Waals surface area contributed by atoms with Gasteiger partial charge in [-0.3, -0.25) is 19.8 Å².